The molecule has 122 valence electrons. The lowest BCUT2D eigenvalue weighted by atomic mass is 10.2. The zero-order valence-electron chi connectivity index (χ0n) is 12.9. The van der Waals surface area contributed by atoms with Crippen LogP contribution in [0, 0.1) is 0 Å². The van der Waals surface area contributed by atoms with Gasteiger partial charge >= 0.3 is 0 Å². The van der Waals surface area contributed by atoms with Gasteiger partial charge in [-0.05, 0) is 66.7 Å². The monoisotopic (exact) mass is 359 g/mol. The van der Waals surface area contributed by atoms with E-state index in [2.05, 4.69) is 0 Å². The predicted octanol–water partition coefficient (Wildman–Crippen LogP) is 4.98. The third kappa shape index (κ3) is 3.47. The summed E-state index contributed by atoms with van der Waals surface area (Å²) >= 11 is 6.77. The summed E-state index contributed by atoms with van der Waals surface area (Å²) in [6, 6.07) is 14.0. The van der Waals surface area contributed by atoms with Crippen LogP contribution in [0.2, 0.25) is 5.02 Å². The molecule has 2 aromatic rings. The van der Waals surface area contributed by atoms with Crippen molar-refractivity contribution in [2.45, 2.75) is 6.92 Å². The standard InChI is InChI=1S/C18H14ClNO3S/c1-2-23-15-9-3-12(4-10-15)11-16-17(21)20(18(22)24-16)14-7-5-13(19)6-8-14/h3-11H,2H2,1H3. The molecule has 1 aliphatic heterocycles. The molecule has 0 bridgehead atoms. The molecule has 6 heteroatoms. The Kier molecular flexibility index (Phi) is 4.92. The van der Waals surface area contributed by atoms with Crippen LogP contribution in [0.25, 0.3) is 6.08 Å². The molecule has 0 spiro atoms. The summed E-state index contributed by atoms with van der Waals surface area (Å²) in [5.74, 6) is 0.435. The van der Waals surface area contributed by atoms with E-state index in [9.17, 15) is 9.59 Å². The maximum Gasteiger partial charge on any atom is 0.298 e. The fourth-order valence-corrected chi connectivity index (χ4v) is 3.23. The maximum absolute atomic E-state index is 12.5. The van der Waals surface area contributed by atoms with E-state index < -0.39 is 0 Å². The minimum Gasteiger partial charge on any atom is -0.494 e. The molecule has 1 heterocycles. The van der Waals surface area contributed by atoms with E-state index in [0.717, 1.165) is 28.0 Å². The van der Waals surface area contributed by atoms with Crippen molar-refractivity contribution in [3.05, 3.63) is 64.0 Å². The number of imide groups is 1. The molecule has 0 N–H and O–H groups in total. The lowest BCUT2D eigenvalue weighted by molar-refractivity contribution is -0.113. The molecule has 1 aliphatic rings. The molecule has 0 radical (unpaired) electrons. The normalized spacial score (nSPS) is 16.1. The van der Waals surface area contributed by atoms with Crippen LogP contribution in [-0.2, 0) is 4.79 Å². The minimum absolute atomic E-state index is 0.320. The number of anilines is 1. The Hall–Kier alpha value is -2.24. The molecule has 2 amide bonds. The summed E-state index contributed by atoms with van der Waals surface area (Å²) in [6.07, 6.45) is 1.70. The average Bonchev–Trinajstić information content (AvgIpc) is 2.85. The lowest BCUT2D eigenvalue weighted by Gasteiger charge is -2.12. The molecule has 3 rings (SSSR count). The van der Waals surface area contributed by atoms with Crippen molar-refractivity contribution in [3.63, 3.8) is 0 Å². The van der Waals surface area contributed by atoms with Crippen molar-refractivity contribution < 1.29 is 14.3 Å². The molecule has 0 atom stereocenters. The first-order valence-electron chi connectivity index (χ1n) is 7.35. The third-order valence-electron chi connectivity index (χ3n) is 3.37. The van der Waals surface area contributed by atoms with Crippen molar-refractivity contribution in [2.75, 3.05) is 11.5 Å². The average molecular weight is 360 g/mol. The fourth-order valence-electron chi connectivity index (χ4n) is 2.26. The second-order valence-electron chi connectivity index (χ2n) is 5.00. The number of hydrogen-bond acceptors (Lipinski definition) is 4. The van der Waals surface area contributed by atoms with Gasteiger partial charge in [-0.25, -0.2) is 4.90 Å². The molecule has 0 saturated carbocycles. The van der Waals surface area contributed by atoms with Crippen LogP contribution in [0.3, 0.4) is 0 Å². The number of carbonyl (C=O) groups is 2. The summed E-state index contributed by atoms with van der Waals surface area (Å²) in [4.78, 5) is 26.3. The Morgan fingerprint density at radius 3 is 2.38 bits per heavy atom. The highest BCUT2D eigenvalue weighted by molar-refractivity contribution is 8.19. The number of nitrogens with zero attached hydrogens (tertiary/aromatic N) is 1. The summed E-state index contributed by atoms with van der Waals surface area (Å²) in [5.41, 5.74) is 1.34. The first-order chi connectivity index (χ1) is 11.6. The number of ether oxygens (including phenoxy) is 1. The first kappa shape index (κ1) is 16.6. The van der Waals surface area contributed by atoms with Crippen LogP contribution in [0.15, 0.2) is 53.4 Å². The quantitative estimate of drug-likeness (QED) is 0.722. The van der Waals surface area contributed by atoms with Crippen molar-refractivity contribution in [2.24, 2.45) is 0 Å². The van der Waals surface area contributed by atoms with Gasteiger partial charge in [0.25, 0.3) is 11.1 Å². The second-order valence-corrected chi connectivity index (χ2v) is 6.43. The van der Waals surface area contributed by atoms with E-state index >= 15 is 0 Å². The van der Waals surface area contributed by atoms with Crippen molar-refractivity contribution in [1.82, 2.24) is 0 Å². The van der Waals surface area contributed by atoms with Gasteiger partial charge in [0.05, 0.1) is 17.2 Å². The first-order valence-corrected chi connectivity index (χ1v) is 8.54. The van der Waals surface area contributed by atoms with Crippen molar-refractivity contribution in [3.8, 4) is 5.75 Å². The highest BCUT2D eigenvalue weighted by Gasteiger charge is 2.36. The van der Waals surface area contributed by atoms with Gasteiger partial charge in [0.2, 0.25) is 0 Å². The van der Waals surface area contributed by atoms with Gasteiger partial charge in [-0.15, -0.1) is 0 Å². The summed E-state index contributed by atoms with van der Waals surface area (Å²) in [7, 11) is 0. The Morgan fingerprint density at radius 1 is 1.08 bits per heavy atom. The molecule has 1 fully saturated rings. The molecular weight excluding hydrogens is 346 g/mol. The molecular formula is C18H14ClNO3S. The van der Waals surface area contributed by atoms with E-state index in [1.807, 2.05) is 31.2 Å². The van der Waals surface area contributed by atoms with Crippen molar-refractivity contribution >= 4 is 46.3 Å². The van der Waals surface area contributed by atoms with Crippen LogP contribution < -0.4 is 9.64 Å². The van der Waals surface area contributed by atoms with Gasteiger partial charge in [-0.3, -0.25) is 9.59 Å². The number of hydrogen-bond donors (Lipinski definition) is 0. The highest BCUT2D eigenvalue weighted by Crippen LogP contribution is 2.36. The van der Waals surface area contributed by atoms with E-state index in [-0.39, 0.29) is 11.1 Å². The zero-order chi connectivity index (χ0) is 17.1. The predicted molar refractivity (Wildman–Crippen MR) is 97.5 cm³/mol. The van der Waals surface area contributed by atoms with Crippen LogP contribution >= 0.6 is 23.4 Å². The molecule has 0 aromatic heterocycles. The third-order valence-corrected chi connectivity index (χ3v) is 4.49. The van der Waals surface area contributed by atoms with Crippen LogP contribution in [0.4, 0.5) is 10.5 Å². The molecule has 4 nitrogen and oxygen atoms in total. The van der Waals surface area contributed by atoms with Gasteiger partial charge in [0.15, 0.2) is 0 Å². The number of carbonyl (C=O) groups excluding carboxylic acids is 2. The summed E-state index contributed by atoms with van der Waals surface area (Å²) < 4.78 is 5.39. The summed E-state index contributed by atoms with van der Waals surface area (Å²) in [5, 5.41) is 0.232. The number of benzene rings is 2. The smallest absolute Gasteiger partial charge is 0.298 e. The topological polar surface area (TPSA) is 46.6 Å². The van der Waals surface area contributed by atoms with Gasteiger partial charge in [0.1, 0.15) is 5.75 Å². The largest absolute Gasteiger partial charge is 0.494 e. The maximum atomic E-state index is 12.5. The number of rotatable bonds is 4. The van der Waals surface area contributed by atoms with E-state index in [1.54, 1.807) is 30.3 Å². The molecule has 1 saturated heterocycles. The highest BCUT2D eigenvalue weighted by atomic mass is 35.5. The molecule has 24 heavy (non-hydrogen) atoms. The van der Waals surface area contributed by atoms with E-state index in [4.69, 9.17) is 16.3 Å². The molecule has 0 unspecified atom stereocenters. The SMILES string of the molecule is CCOc1ccc(C=C2SC(=O)N(c3ccc(Cl)cc3)C2=O)cc1. The van der Waals surface area contributed by atoms with Gasteiger partial charge in [-0.2, -0.15) is 0 Å². The van der Waals surface area contributed by atoms with Crippen LogP contribution in [0.5, 0.6) is 5.75 Å². The lowest BCUT2D eigenvalue weighted by Crippen LogP contribution is -2.27. The Morgan fingerprint density at radius 2 is 1.75 bits per heavy atom. The van der Waals surface area contributed by atoms with E-state index in [0.29, 0.717) is 22.2 Å². The number of thioether (sulfide) groups is 1. The Balaban J connectivity index is 1.83. The fraction of sp³-hybridized carbons (Fsp3) is 0.111. The Labute approximate surface area is 149 Å². The number of halogens is 1. The van der Waals surface area contributed by atoms with Crippen molar-refractivity contribution in [1.29, 1.82) is 0 Å². The van der Waals surface area contributed by atoms with Crippen LogP contribution in [0.1, 0.15) is 12.5 Å². The van der Waals surface area contributed by atoms with Gasteiger partial charge in [0, 0.05) is 5.02 Å². The molecule has 2 aromatic carbocycles. The number of amides is 2. The molecule has 0 aliphatic carbocycles. The van der Waals surface area contributed by atoms with Gasteiger partial charge in [-0.1, -0.05) is 23.7 Å². The second kappa shape index (κ2) is 7.11. The van der Waals surface area contributed by atoms with Gasteiger partial charge < -0.3 is 4.74 Å². The summed E-state index contributed by atoms with van der Waals surface area (Å²) in [6.45, 7) is 2.51. The Bertz CT molecular complexity index is 800. The minimum atomic E-state index is -0.332. The zero-order valence-corrected chi connectivity index (χ0v) is 14.4. The van der Waals surface area contributed by atoms with E-state index in [1.165, 1.54) is 0 Å². The van der Waals surface area contributed by atoms with Crippen LogP contribution in [-0.4, -0.2) is 17.8 Å².